The number of carboxylic acids is 1. The Kier molecular flexibility index (Phi) is 19.1. The molecule has 0 fully saturated rings. The Balaban J connectivity index is 0. The number of rotatable bonds is 17. The highest BCUT2D eigenvalue weighted by molar-refractivity contribution is 5.71. The Morgan fingerprint density at radius 2 is 0.931 bits per heavy atom. The van der Waals surface area contributed by atoms with Crippen molar-refractivity contribution in [3.63, 3.8) is 0 Å². The van der Waals surface area contributed by atoms with Crippen molar-refractivity contribution in [2.24, 2.45) is 0 Å². The fourth-order valence-corrected chi connectivity index (χ4v) is 2.66. The highest BCUT2D eigenvalue weighted by Crippen LogP contribution is 2.19. The first-order valence-electron chi connectivity index (χ1n) is 11.8. The first kappa shape index (κ1) is 30.5. The summed E-state index contributed by atoms with van der Waals surface area (Å²) in [6, 6.07) is 0. The lowest BCUT2D eigenvalue weighted by Crippen LogP contribution is -2.44. The van der Waals surface area contributed by atoms with Crippen LogP contribution in [-0.2, 0) is 4.79 Å². The average Bonchev–Trinajstić information content (AvgIpc) is 2.60. The molecule has 0 rings (SSSR count). The Labute approximate surface area is 179 Å². The Morgan fingerprint density at radius 3 is 1.17 bits per heavy atom. The Bertz CT molecular complexity index is 356. The average molecular weight is 419 g/mol. The third-order valence-corrected chi connectivity index (χ3v) is 5.61. The molecule has 1 unspecified atom stereocenters. The molecule has 0 radical (unpaired) electrons. The molecule has 176 valence electrons. The van der Waals surface area contributed by atoms with Gasteiger partial charge in [0.2, 0.25) is 0 Å². The monoisotopic (exact) mass is 418 g/mol. The van der Waals surface area contributed by atoms with Gasteiger partial charge in [-0.25, -0.2) is 4.79 Å². The van der Waals surface area contributed by atoms with Crippen molar-refractivity contribution in [2.45, 2.75) is 148 Å². The molecule has 0 heterocycles. The molecule has 0 aromatic carbocycles. The van der Waals surface area contributed by atoms with Gasteiger partial charge in [0.15, 0.2) is 6.10 Å². The molecule has 0 aromatic heterocycles. The van der Waals surface area contributed by atoms with Crippen molar-refractivity contribution >= 4 is 5.97 Å². The molecule has 5 nitrogen and oxygen atoms in total. The Hall–Kier alpha value is -0.650. The summed E-state index contributed by atoms with van der Waals surface area (Å²) in [5, 5.41) is 35.9. The van der Waals surface area contributed by atoms with Gasteiger partial charge in [-0.05, 0) is 34.1 Å². The van der Waals surface area contributed by atoms with Gasteiger partial charge in [0, 0.05) is 0 Å². The lowest BCUT2D eigenvalue weighted by Gasteiger charge is -2.31. The number of aliphatic hydroxyl groups excluding tert-OH is 1. The summed E-state index contributed by atoms with van der Waals surface area (Å²) in [6.07, 6.45) is 17.3. The van der Waals surface area contributed by atoms with Crippen molar-refractivity contribution < 1.29 is 25.2 Å². The number of hydrogen-bond acceptors (Lipinski definition) is 4. The zero-order chi connectivity index (χ0) is 22.8. The van der Waals surface area contributed by atoms with Gasteiger partial charge in [0.25, 0.3) is 0 Å². The molecule has 0 aliphatic heterocycles. The van der Waals surface area contributed by atoms with Crippen LogP contribution in [0.15, 0.2) is 0 Å². The third-order valence-electron chi connectivity index (χ3n) is 5.61. The van der Waals surface area contributed by atoms with Crippen LogP contribution in [0.2, 0.25) is 0 Å². The van der Waals surface area contributed by atoms with E-state index in [1.54, 1.807) is 27.7 Å². The molecule has 1 atom stereocenters. The summed E-state index contributed by atoms with van der Waals surface area (Å²) in [4.78, 5) is 10.4. The molecule has 0 aromatic rings. The second-order valence-corrected chi connectivity index (χ2v) is 9.36. The smallest absolute Gasteiger partial charge is 0.332 e. The van der Waals surface area contributed by atoms with E-state index >= 15 is 0 Å². The largest absolute Gasteiger partial charge is 0.479 e. The SMILES string of the molecule is CC(C)(O)C(C)(C)O.CCCCCCCCCCCCCCCCC(O)C(=O)O. The molecular formula is C24H50O5. The molecule has 4 N–H and O–H groups in total. The van der Waals surface area contributed by atoms with E-state index < -0.39 is 23.3 Å². The normalized spacial score (nSPS) is 13.0. The van der Waals surface area contributed by atoms with Crippen LogP contribution in [0, 0.1) is 0 Å². The van der Waals surface area contributed by atoms with Crippen LogP contribution in [0.3, 0.4) is 0 Å². The molecular weight excluding hydrogens is 368 g/mol. The van der Waals surface area contributed by atoms with E-state index in [1.807, 2.05) is 0 Å². The maximum atomic E-state index is 10.4. The maximum Gasteiger partial charge on any atom is 0.332 e. The number of carbonyl (C=O) groups is 1. The number of hydrogen-bond donors (Lipinski definition) is 4. The van der Waals surface area contributed by atoms with Gasteiger partial charge >= 0.3 is 5.97 Å². The molecule has 0 saturated carbocycles. The maximum absolute atomic E-state index is 10.4. The second-order valence-electron chi connectivity index (χ2n) is 9.36. The van der Waals surface area contributed by atoms with E-state index in [9.17, 15) is 4.79 Å². The van der Waals surface area contributed by atoms with Gasteiger partial charge in [0.1, 0.15) is 0 Å². The minimum Gasteiger partial charge on any atom is -0.479 e. The van der Waals surface area contributed by atoms with Gasteiger partial charge in [-0.3, -0.25) is 0 Å². The predicted octanol–water partition coefficient (Wildman–Crippen LogP) is 5.83. The standard InChI is InChI=1S/C18H36O3.C6H14O2/c1-2-3-4-5-6-7-8-9-10-11-12-13-14-15-16-17(19)18(20)21;1-5(2,7)6(3,4)8/h17,19H,2-16H2,1H3,(H,20,21);7-8H,1-4H3. The minimum absolute atomic E-state index is 0.396. The highest BCUT2D eigenvalue weighted by atomic mass is 16.4. The van der Waals surface area contributed by atoms with Gasteiger partial charge in [-0.2, -0.15) is 0 Å². The lowest BCUT2D eigenvalue weighted by atomic mass is 9.90. The van der Waals surface area contributed by atoms with Crippen LogP contribution in [0.25, 0.3) is 0 Å². The van der Waals surface area contributed by atoms with Crippen LogP contribution in [0.4, 0.5) is 0 Å². The van der Waals surface area contributed by atoms with E-state index in [0.717, 1.165) is 12.8 Å². The molecule has 0 saturated heterocycles. The number of aliphatic hydroxyl groups is 3. The van der Waals surface area contributed by atoms with E-state index in [1.165, 1.54) is 77.0 Å². The molecule has 0 aliphatic rings. The minimum atomic E-state index is -1.16. The van der Waals surface area contributed by atoms with E-state index in [2.05, 4.69) is 6.92 Å². The summed E-state index contributed by atoms with van der Waals surface area (Å²) in [7, 11) is 0. The fourth-order valence-electron chi connectivity index (χ4n) is 2.66. The molecule has 0 bridgehead atoms. The van der Waals surface area contributed by atoms with Crippen LogP contribution in [0.1, 0.15) is 131 Å². The second kappa shape index (κ2) is 18.1. The first-order valence-corrected chi connectivity index (χ1v) is 11.8. The zero-order valence-corrected chi connectivity index (χ0v) is 19.9. The molecule has 0 aliphatic carbocycles. The fraction of sp³-hybridized carbons (Fsp3) is 0.958. The number of carboxylic acid groups (broad SMARTS) is 1. The summed E-state index contributed by atoms with van der Waals surface area (Å²) >= 11 is 0. The van der Waals surface area contributed by atoms with Crippen LogP contribution in [-0.4, -0.2) is 43.7 Å². The first-order chi connectivity index (χ1) is 13.4. The van der Waals surface area contributed by atoms with E-state index in [-0.39, 0.29) is 0 Å². The summed E-state index contributed by atoms with van der Waals surface area (Å²) < 4.78 is 0. The molecule has 5 heteroatoms. The summed E-state index contributed by atoms with van der Waals surface area (Å²) in [6.45, 7) is 8.56. The predicted molar refractivity (Wildman–Crippen MR) is 121 cm³/mol. The van der Waals surface area contributed by atoms with Crippen molar-refractivity contribution in [3.8, 4) is 0 Å². The van der Waals surface area contributed by atoms with Crippen molar-refractivity contribution in [1.82, 2.24) is 0 Å². The topological polar surface area (TPSA) is 98.0 Å². The number of aliphatic carboxylic acids is 1. The summed E-state index contributed by atoms with van der Waals surface area (Å²) in [5.41, 5.74) is -2.01. The van der Waals surface area contributed by atoms with Gasteiger partial charge in [-0.1, -0.05) is 96.8 Å². The molecule has 29 heavy (non-hydrogen) atoms. The van der Waals surface area contributed by atoms with E-state index in [0.29, 0.717) is 6.42 Å². The highest BCUT2D eigenvalue weighted by Gasteiger charge is 2.31. The Morgan fingerprint density at radius 1 is 0.655 bits per heavy atom. The molecule has 0 amide bonds. The van der Waals surface area contributed by atoms with Crippen LogP contribution >= 0.6 is 0 Å². The van der Waals surface area contributed by atoms with Crippen molar-refractivity contribution in [3.05, 3.63) is 0 Å². The van der Waals surface area contributed by atoms with Crippen LogP contribution < -0.4 is 0 Å². The van der Waals surface area contributed by atoms with Crippen LogP contribution in [0.5, 0.6) is 0 Å². The lowest BCUT2D eigenvalue weighted by molar-refractivity contribution is -0.146. The quantitative estimate of drug-likeness (QED) is 0.223. The third kappa shape index (κ3) is 21.9. The van der Waals surface area contributed by atoms with Gasteiger partial charge < -0.3 is 20.4 Å². The number of unbranched alkanes of at least 4 members (excludes halogenated alkanes) is 13. The molecule has 0 spiro atoms. The van der Waals surface area contributed by atoms with Crippen molar-refractivity contribution in [1.29, 1.82) is 0 Å². The van der Waals surface area contributed by atoms with E-state index in [4.69, 9.17) is 20.4 Å². The van der Waals surface area contributed by atoms with Crippen molar-refractivity contribution in [2.75, 3.05) is 0 Å². The van der Waals surface area contributed by atoms with Gasteiger partial charge in [0.05, 0.1) is 11.2 Å². The zero-order valence-electron chi connectivity index (χ0n) is 19.9. The summed E-state index contributed by atoms with van der Waals surface area (Å²) in [5.74, 6) is -1.09. The van der Waals surface area contributed by atoms with Gasteiger partial charge in [-0.15, -0.1) is 0 Å².